The van der Waals surface area contributed by atoms with Crippen LogP contribution in [0.5, 0.6) is 5.75 Å². The maximum absolute atomic E-state index is 13.2. The van der Waals surface area contributed by atoms with E-state index >= 15 is 0 Å². The fraction of sp³-hybridized carbons (Fsp3) is 0.455. The highest BCUT2D eigenvalue weighted by Crippen LogP contribution is 2.60. The number of pyridine rings is 1. The molecule has 2 bridgehead atoms. The van der Waals surface area contributed by atoms with Crippen LogP contribution in [-0.2, 0) is 4.79 Å². The standard InChI is InChI=1S/C22H25F2N5O2/c23-16-4-3-15(6-17(16)24)31-10-20(30)29-22-11-21(12-22,13-22)28-19-9-26-8-18(27-19)14-2-1-5-25-7-14/h1-7,18-19,26-28H,8-13H2,(H,29,30). The van der Waals surface area contributed by atoms with E-state index in [9.17, 15) is 13.6 Å². The van der Waals surface area contributed by atoms with Crippen LogP contribution in [-0.4, -0.2) is 47.8 Å². The van der Waals surface area contributed by atoms with Crippen molar-refractivity contribution in [3.05, 3.63) is 59.9 Å². The first-order valence-electron chi connectivity index (χ1n) is 10.5. The van der Waals surface area contributed by atoms with Crippen LogP contribution in [0.1, 0.15) is 30.9 Å². The van der Waals surface area contributed by atoms with Gasteiger partial charge in [-0.3, -0.25) is 20.4 Å². The van der Waals surface area contributed by atoms with Gasteiger partial charge in [0.05, 0.1) is 6.17 Å². The molecule has 9 heteroatoms. The van der Waals surface area contributed by atoms with Crippen molar-refractivity contribution in [2.45, 2.75) is 42.5 Å². The maximum Gasteiger partial charge on any atom is 0.258 e. The number of amides is 1. The molecule has 31 heavy (non-hydrogen) atoms. The third-order valence-electron chi connectivity index (χ3n) is 6.36. The summed E-state index contributed by atoms with van der Waals surface area (Å²) in [7, 11) is 0. The predicted molar refractivity (Wildman–Crippen MR) is 109 cm³/mol. The van der Waals surface area contributed by atoms with E-state index in [1.807, 2.05) is 12.3 Å². The lowest BCUT2D eigenvalue weighted by Gasteiger charge is -2.71. The van der Waals surface area contributed by atoms with Gasteiger partial charge in [0.15, 0.2) is 18.2 Å². The topological polar surface area (TPSA) is 87.3 Å². The number of ether oxygens (including phenoxy) is 1. The summed E-state index contributed by atoms with van der Waals surface area (Å²) in [6, 6.07) is 7.43. The van der Waals surface area contributed by atoms with E-state index in [2.05, 4.69) is 32.3 Å². The van der Waals surface area contributed by atoms with Crippen molar-refractivity contribution in [1.29, 1.82) is 0 Å². The van der Waals surface area contributed by atoms with Gasteiger partial charge >= 0.3 is 0 Å². The second-order valence-corrected chi connectivity index (χ2v) is 8.86. The number of carbonyl (C=O) groups is 1. The molecule has 1 aliphatic heterocycles. The van der Waals surface area contributed by atoms with Crippen molar-refractivity contribution in [3.63, 3.8) is 0 Å². The van der Waals surface area contributed by atoms with Crippen LogP contribution in [0, 0.1) is 11.6 Å². The van der Waals surface area contributed by atoms with E-state index in [1.165, 1.54) is 6.07 Å². The van der Waals surface area contributed by atoms with Crippen LogP contribution in [0.4, 0.5) is 8.78 Å². The number of hydrogen-bond donors (Lipinski definition) is 4. The minimum Gasteiger partial charge on any atom is -0.484 e. The van der Waals surface area contributed by atoms with Crippen molar-refractivity contribution in [2.24, 2.45) is 0 Å². The fourth-order valence-electron chi connectivity index (χ4n) is 5.11. The van der Waals surface area contributed by atoms with E-state index in [-0.39, 0.29) is 41.5 Å². The number of benzene rings is 1. The number of rotatable bonds is 7. The Morgan fingerprint density at radius 2 is 2.00 bits per heavy atom. The Morgan fingerprint density at radius 1 is 1.16 bits per heavy atom. The number of halogens is 2. The number of aromatic nitrogens is 1. The zero-order chi connectivity index (χ0) is 21.5. The molecule has 4 N–H and O–H groups in total. The largest absolute Gasteiger partial charge is 0.484 e. The van der Waals surface area contributed by atoms with E-state index in [4.69, 9.17) is 4.74 Å². The summed E-state index contributed by atoms with van der Waals surface area (Å²) in [5, 5.41) is 13.9. The highest BCUT2D eigenvalue weighted by atomic mass is 19.2. The third kappa shape index (κ3) is 4.13. The molecular formula is C22H25F2N5O2. The average molecular weight is 429 g/mol. The Kier molecular flexibility index (Phi) is 5.11. The molecule has 0 radical (unpaired) electrons. The summed E-state index contributed by atoms with van der Waals surface area (Å²) in [6.07, 6.45) is 6.40. The van der Waals surface area contributed by atoms with E-state index in [0.29, 0.717) is 0 Å². The normalized spacial score (nSPS) is 31.3. The van der Waals surface area contributed by atoms with E-state index < -0.39 is 11.6 Å². The van der Waals surface area contributed by atoms with Gasteiger partial charge in [-0.1, -0.05) is 6.07 Å². The van der Waals surface area contributed by atoms with E-state index in [1.54, 1.807) is 6.20 Å². The molecule has 6 rings (SSSR count). The van der Waals surface area contributed by atoms with Gasteiger partial charge in [0.1, 0.15) is 5.75 Å². The van der Waals surface area contributed by atoms with Crippen LogP contribution in [0.25, 0.3) is 0 Å². The molecule has 2 atom stereocenters. The van der Waals surface area contributed by atoms with Gasteiger partial charge in [0, 0.05) is 48.7 Å². The Morgan fingerprint density at radius 3 is 2.74 bits per heavy atom. The zero-order valence-corrected chi connectivity index (χ0v) is 17.0. The smallest absolute Gasteiger partial charge is 0.258 e. The molecule has 0 spiro atoms. The Hall–Kier alpha value is -2.62. The highest BCUT2D eigenvalue weighted by molar-refractivity contribution is 5.79. The quantitative estimate of drug-likeness (QED) is 0.532. The first-order chi connectivity index (χ1) is 14.9. The Bertz CT molecular complexity index is 954. The van der Waals surface area contributed by atoms with Crippen molar-refractivity contribution in [3.8, 4) is 5.75 Å². The molecular weight excluding hydrogens is 404 g/mol. The second-order valence-electron chi connectivity index (χ2n) is 8.86. The fourth-order valence-corrected chi connectivity index (χ4v) is 5.11. The lowest BCUT2D eigenvalue weighted by atomic mass is 9.44. The van der Waals surface area contributed by atoms with Gasteiger partial charge in [0.25, 0.3) is 5.91 Å². The molecule has 2 aromatic rings. The van der Waals surface area contributed by atoms with Gasteiger partial charge < -0.3 is 15.4 Å². The maximum atomic E-state index is 13.2. The first-order valence-corrected chi connectivity index (χ1v) is 10.5. The van der Waals surface area contributed by atoms with Gasteiger partial charge in [-0.15, -0.1) is 0 Å². The molecule has 164 valence electrons. The number of piperazine rings is 1. The van der Waals surface area contributed by atoms with Crippen LogP contribution < -0.4 is 26.0 Å². The molecule has 4 fully saturated rings. The first kappa shape index (κ1) is 20.3. The molecule has 1 aromatic heterocycles. The molecule has 3 saturated carbocycles. The molecule has 2 unspecified atom stereocenters. The molecule has 4 aliphatic rings. The summed E-state index contributed by atoms with van der Waals surface area (Å²) in [6.45, 7) is 1.46. The van der Waals surface area contributed by atoms with E-state index in [0.717, 1.165) is 50.0 Å². The molecule has 7 nitrogen and oxygen atoms in total. The van der Waals surface area contributed by atoms with Gasteiger partial charge in [-0.05, 0) is 43.0 Å². The van der Waals surface area contributed by atoms with Crippen LogP contribution >= 0.6 is 0 Å². The van der Waals surface area contributed by atoms with Gasteiger partial charge in [0.2, 0.25) is 0 Å². The SMILES string of the molecule is O=C(COc1ccc(F)c(F)c1)NC12CC(NC3CNCC(c4cccnc4)N3)(C1)C2. The number of carbonyl (C=O) groups excluding carboxylic acids is 1. The summed E-state index contributed by atoms with van der Waals surface area (Å²) in [4.78, 5) is 16.4. The molecule has 3 aliphatic carbocycles. The predicted octanol–water partition coefficient (Wildman–Crippen LogP) is 1.38. The molecule has 2 heterocycles. The highest BCUT2D eigenvalue weighted by Gasteiger charge is 2.68. The second kappa shape index (κ2) is 7.81. The monoisotopic (exact) mass is 429 g/mol. The lowest BCUT2D eigenvalue weighted by molar-refractivity contribution is -0.145. The number of hydrogen-bond acceptors (Lipinski definition) is 6. The van der Waals surface area contributed by atoms with Crippen molar-refractivity contribution in [2.75, 3.05) is 19.7 Å². The Balaban J connectivity index is 1.07. The van der Waals surface area contributed by atoms with Crippen molar-refractivity contribution < 1.29 is 18.3 Å². The lowest BCUT2D eigenvalue weighted by Crippen LogP contribution is -2.85. The average Bonchev–Trinajstić information content (AvgIpc) is 2.73. The van der Waals surface area contributed by atoms with Crippen LogP contribution in [0.3, 0.4) is 0 Å². The van der Waals surface area contributed by atoms with Crippen molar-refractivity contribution in [1.82, 2.24) is 26.3 Å². The summed E-state index contributed by atoms with van der Waals surface area (Å²) in [5.74, 6) is -2.07. The minimum atomic E-state index is -0.998. The Labute approximate surface area is 179 Å². The molecule has 1 aromatic carbocycles. The zero-order valence-electron chi connectivity index (χ0n) is 17.0. The molecule has 1 amide bonds. The van der Waals surface area contributed by atoms with Crippen LogP contribution in [0.15, 0.2) is 42.7 Å². The minimum absolute atomic E-state index is 0.0460. The summed E-state index contributed by atoms with van der Waals surface area (Å²) in [5.41, 5.74) is 1.01. The van der Waals surface area contributed by atoms with Gasteiger partial charge in [-0.25, -0.2) is 8.78 Å². The van der Waals surface area contributed by atoms with Crippen molar-refractivity contribution >= 4 is 5.91 Å². The third-order valence-corrected chi connectivity index (χ3v) is 6.36. The number of nitrogens with zero attached hydrogens (tertiary/aromatic N) is 1. The van der Waals surface area contributed by atoms with Crippen LogP contribution in [0.2, 0.25) is 0 Å². The summed E-state index contributed by atoms with van der Waals surface area (Å²) < 4.78 is 31.5. The number of nitrogens with one attached hydrogen (secondary N) is 4. The van der Waals surface area contributed by atoms with Gasteiger partial charge in [-0.2, -0.15) is 0 Å². The molecule has 1 saturated heterocycles. The summed E-state index contributed by atoms with van der Waals surface area (Å²) >= 11 is 0.